The molecule has 10 aromatic carbocycles. The number of rotatable bonds is 5. The molecule has 0 amide bonds. The van der Waals surface area contributed by atoms with Gasteiger partial charge < -0.3 is 4.90 Å². The summed E-state index contributed by atoms with van der Waals surface area (Å²) < 4.78 is 2.59. The molecule has 1 aliphatic rings. The number of hydrogen-bond donors (Lipinski definition) is 0. The Kier molecular flexibility index (Phi) is 7.51. The minimum absolute atomic E-state index is 0.145. The van der Waals surface area contributed by atoms with E-state index >= 15 is 0 Å². The highest BCUT2D eigenvalue weighted by atomic mass is 32.1. The Bertz CT molecular complexity index is 3500. The van der Waals surface area contributed by atoms with Crippen molar-refractivity contribution in [3.05, 3.63) is 211 Å². The normalized spacial score (nSPS) is 13.1. The molecule has 2 heteroatoms. The van der Waals surface area contributed by atoms with Crippen LogP contribution >= 0.6 is 11.3 Å². The van der Waals surface area contributed by atoms with Crippen molar-refractivity contribution in [2.75, 3.05) is 4.90 Å². The smallest absolute Gasteiger partial charge is 0.0546 e. The Morgan fingerprint density at radius 2 is 1.02 bits per heavy atom. The van der Waals surface area contributed by atoms with Crippen molar-refractivity contribution in [3.8, 4) is 33.4 Å². The van der Waals surface area contributed by atoms with E-state index in [9.17, 15) is 0 Å². The molecule has 0 bridgehead atoms. The van der Waals surface area contributed by atoms with Gasteiger partial charge in [0.15, 0.2) is 0 Å². The summed E-state index contributed by atoms with van der Waals surface area (Å²) in [5, 5.41) is 10.1. The van der Waals surface area contributed by atoms with Gasteiger partial charge in [0, 0.05) is 42.5 Å². The molecule has 1 aromatic heterocycles. The van der Waals surface area contributed by atoms with E-state index in [1.165, 1.54) is 97.0 Å². The molecule has 0 fully saturated rings. The highest BCUT2D eigenvalue weighted by molar-refractivity contribution is 7.25. The quantitative estimate of drug-likeness (QED) is 0.158. The molecule has 0 radical (unpaired) electrons. The van der Waals surface area contributed by atoms with E-state index in [4.69, 9.17) is 0 Å². The zero-order chi connectivity index (χ0) is 39.2. The molecule has 0 atom stereocenters. The molecule has 1 nitrogen and oxygen atoms in total. The molecule has 12 rings (SSSR count). The zero-order valence-electron chi connectivity index (χ0n) is 32.9. The van der Waals surface area contributed by atoms with Crippen LogP contribution in [0.25, 0.3) is 85.9 Å². The van der Waals surface area contributed by atoms with Crippen LogP contribution in [-0.4, -0.2) is 0 Å². The summed E-state index contributed by atoms with van der Waals surface area (Å²) in [7, 11) is 0. The molecule has 0 unspecified atom stereocenters. The Balaban J connectivity index is 1.19. The zero-order valence-corrected chi connectivity index (χ0v) is 33.7. The molecular weight excluding hydrogens is 731 g/mol. The summed E-state index contributed by atoms with van der Waals surface area (Å²) in [6.45, 7) is 4.75. The lowest BCUT2D eigenvalue weighted by molar-refractivity contribution is 0.660. The van der Waals surface area contributed by atoms with Crippen LogP contribution in [0.1, 0.15) is 25.0 Å². The second-order valence-electron chi connectivity index (χ2n) is 16.5. The summed E-state index contributed by atoms with van der Waals surface area (Å²) in [5.74, 6) is 0. The second kappa shape index (κ2) is 13.0. The predicted octanol–water partition coefficient (Wildman–Crippen LogP) is 16.6. The van der Waals surface area contributed by atoms with Gasteiger partial charge in [0.1, 0.15) is 0 Å². The van der Waals surface area contributed by atoms with Crippen molar-refractivity contribution in [1.82, 2.24) is 0 Å². The average molecular weight is 770 g/mol. The van der Waals surface area contributed by atoms with Gasteiger partial charge in [-0.25, -0.2) is 0 Å². The Morgan fingerprint density at radius 1 is 0.373 bits per heavy atom. The van der Waals surface area contributed by atoms with Crippen molar-refractivity contribution in [3.63, 3.8) is 0 Å². The van der Waals surface area contributed by atoms with E-state index < -0.39 is 0 Å². The third-order valence-corrected chi connectivity index (χ3v) is 14.0. The van der Waals surface area contributed by atoms with Gasteiger partial charge in [-0.3, -0.25) is 0 Å². The van der Waals surface area contributed by atoms with Gasteiger partial charge in [0.05, 0.1) is 5.69 Å². The topological polar surface area (TPSA) is 3.24 Å². The monoisotopic (exact) mass is 769 g/mol. The maximum absolute atomic E-state index is 2.53. The van der Waals surface area contributed by atoms with Crippen molar-refractivity contribution in [1.29, 1.82) is 0 Å². The molecule has 0 N–H and O–H groups in total. The fourth-order valence-corrected chi connectivity index (χ4v) is 11.1. The van der Waals surface area contributed by atoms with Crippen LogP contribution in [0.15, 0.2) is 200 Å². The summed E-state index contributed by atoms with van der Waals surface area (Å²) in [4.78, 5) is 2.53. The second-order valence-corrected chi connectivity index (χ2v) is 17.6. The molecule has 1 heterocycles. The van der Waals surface area contributed by atoms with Crippen LogP contribution in [0.3, 0.4) is 0 Å². The van der Waals surface area contributed by atoms with Gasteiger partial charge in [0.2, 0.25) is 0 Å². The highest BCUT2D eigenvalue weighted by Crippen LogP contribution is 2.53. The van der Waals surface area contributed by atoms with Crippen LogP contribution in [0, 0.1) is 0 Å². The first-order valence-corrected chi connectivity index (χ1v) is 21.3. The molecule has 0 spiro atoms. The van der Waals surface area contributed by atoms with Gasteiger partial charge in [-0.05, 0) is 120 Å². The summed E-state index contributed by atoms with van der Waals surface area (Å²) in [5.41, 5.74) is 13.5. The summed E-state index contributed by atoms with van der Waals surface area (Å²) in [6, 6.07) is 74.7. The maximum atomic E-state index is 2.53. The standard InChI is InChI=1S/C57H39NS/c1-57(2)51-23-11-9-20-46(51)47-30-28-40(34-52(47)57)58(41-29-31-49-48-21-10-12-25-54(48)59-55(49)35-41)53-24-13-22-43(39-27-26-36-14-3-4-15-37(36)32-39)56(53)50-33-38-16-5-6-17-42(38)44-18-7-8-19-45(44)50/h3-35H,1-2H3. The van der Waals surface area contributed by atoms with Crippen LogP contribution in [0.4, 0.5) is 17.1 Å². The molecule has 59 heavy (non-hydrogen) atoms. The third kappa shape index (κ3) is 5.23. The average Bonchev–Trinajstić information content (AvgIpc) is 3.77. The third-order valence-electron chi connectivity index (χ3n) is 12.8. The van der Waals surface area contributed by atoms with Gasteiger partial charge >= 0.3 is 0 Å². The van der Waals surface area contributed by atoms with Gasteiger partial charge in [-0.15, -0.1) is 11.3 Å². The number of nitrogens with zero attached hydrogens (tertiary/aromatic N) is 1. The van der Waals surface area contributed by atoms with E-state index in [2.05, 4.69) is 219 Å². The van der Waals surface area contributed by atoms with Crippen molar-refractivity contribution in [2.24, 2.45) is 0 Å². The molecule has 11 aromatic rings. The van der Waals surface area contributed by atoms with Crippen molar-refractivity contribution >= 4 is 80.9 Å². The number of thiophene rings is 1. The Hall–Kier alpha value is -7.00. The van der Waals surface area contributed by atoms with E-state index in [0.29, 0.717) is 0 Å². The van der Waals surface area contributed by atoms with Gasteiger partial charge in [-0.2, -0.15) is 0 Å². The largest absolute Gasteiger partial charge is 0.310 e. The maximum Gasteiger partial charge on any atom is 0.0546 e. The highest BCUT2D eigenvalue weighted by Gasteiger charge is 2.36. The first-order valence-electron chi connectivity index (χ1n) is 20.5. The first-order chi connectivity index (χ1) is 29.0. The molecule has 1 aliphatic carbocycles. The number of anilines is 3. The number of benzene rings is 10. The lowest BCUT2D eigenvalue weighted by atomic mass is 9.82. The van der Waals surface area contributed by atoms with Gasteiger partial charge in [0.25, 0.3) is 0 Å². The first kappa shape index (κ1) is 34.1. The number of hydrogen-bond acceptors (Lipinski definition) is 2. The van der Waals surface area contributed by atoms with Crippen LogP contribution in [0.2, 0.25) is 0 Å². The van der Waals surface area contributed by atoms with Gasteiger partial charge in [-0.1, -0.05) is 166 Å². The summed E-state index contributed by atoms with van der Waals surface area (Å²) in [6.07, 6.45) is 0. The SMILES string of the molecule is CC1(C)c2ccccc2-c2ccc(N(c3ccc4c(c3)sc3ccccc34)c3cccc(-c4ccc5ccccc5c4)c3-c3cc4ccccc4c4ccccc34)cc21. The Morgan fingerprint density at radius 3 is 1.90 bits per heavy atom. The minimum atomic E-state index is -0.145. The fourth-order valence-electron chi connectivity index (χ4n) is 9.98. The van der Waals surface area contributed by atoms with E-state index in [0.717, 1.165) is 17.1 Å². The van der Waals surface area contributed by atoms with E-state index in [1.54, 1.807) is 0 Å². The van der Waals surface area contributed by atoms with Crippen LogP contribution in [-0.2, 0) is 5.41 Å². The van der Waals surface area contributed by atoms with Crippen molar-refractivity contribution < 1.29 is 0 Å². The predicted molar refractivity (Wildman–Crippen MR) is 255 cm³/mol. The fraction of sp³-hybridized carbons (Fsp3) is 0.0526. The molecule has 0 aliphatic heterocycles. The molecular formula is C57H39NS. The minimum Gasteiger partial charge on any atom is -0.310 e. The lowest BCUT2D eigenvalue weighted by Gasteiger charge is -2.31. The lowest BCUT2D eigenvalue weighted by Crippen LogP contribution is -2.17. The molecule has 0 saturated heterocycles. The van der Waals surface area contributed by atoms with E-state index in [-0.39, 0.29) is 5.41 Å². The van der Waals surface area contributed by atoms with Crippen molar-refractivity contribution in [2.45, 2.75) is 19.3 Å². The molecule has 0 saturated carbocycles. The van der Waals surface area contributed by atoms with E-state index in [1.807, 2.05) is 11.3 Å². The molecule has 278 valence electrons. The van der Waals surface area contributed by atoms with Crippen LogP contribution in [0.5, 0.6) is 0 Å². The number of fused-ring (bicyclic) bond motifs is 10. The van der Waals surface area contributed by atoms with Crippen LogP contribution < -0.4 is 4.90 Å². The Labute approximate surface area is 348 Å². The summed E-state index contributed by atoms with van der Waals surface area (Å²) >= 11 is 1.87.